The Morgan fingerprint density at radius 2 is 1.54 bits per heavy atom. The van der Waals surface area contributed by atoms with E-state index in [2.05, 4.69) is 38.2 Å². The molecule has 0 atom stereocenters. The van der Waals surface area contributed by atoms with Gasteiger partial charge in [0.1, 0.15) is 11.5 Å². The van der Waals surface area contributed by atoms with Gasteiger partial charge in [-0.15, -0.1) is 0 Å². The maximum absolute atomic E-state index is 13.4. The lowest BCUT2D eigenvalue weighted by atomic mass is 9.87. The number of halogens is 2. The first-order chi connectivity index (χ1) is 13.2. The second-order valence-electron chi connectivity index (χ2n) is 7.67. The van der Waals surface area contributed by atoms with Gasteiger partial charge in [-0.2, -0.15) is 0 Å². The van der Waals surface area contributed by atoms with Crippen molar-refractivity contribution in [2.24, 2.45) is 0 Å². The number of aromatic hydroxyl groups is 1. The van der Waals surface area contributed by atoms with E-state index in [0.717, 1.165) is 23.4 Å². The van der Waals surface area contributed by atoms with Crippen LogP contribution in [0.2, 0.25) is 0 Å². The number of rotatable bonds is 5. The minimum atomic E-state index is -1.00. The van der Waals surface area contributed by atoms with E-state index in [0.29, 0.717) is 12.3 Å². The van der Waals surface area contributed by atoms with E-state index in [4.69, 9.17) is 9.84 Å². The van der Waals surface area contributed by atoms with Crippen LogP contribution in [-0.2, 0) is 12.0 Å². The van der Waals surface area contributed by atoms with Crippen molar-refractivity contribution in [1.29, 1.82) is 0 Å². The highest BCUT2D eigenvalue weighted by atomic mass is 19.1. The SMILES string of the molecule is CC(C)(C)c1ccc(Oc2cccc(CNc3cc(F)c(O)c(F)c3)c2)cc1. The number of phenols is 1. The molecule has 3 nitrogen and oxygen atoms in total. The third kappa shape index (κ3) is 4.80. The Hall–Kier alpha value is -3.08. The number of phenolic OH excluding ortho intramolecular Hbond substituents is 1. The van der Waals surface area contributed by atoms with E-state index in [1.165, 1.54) is 5.56 Å². The van der Waals surface area contributed by atoms with Crippen LogP contribution >= 0.6 is 0 Å². The first-order valence-electron chi connectivity index (χ1n) is 9.01. The minimum absolute atomic E-state index is 0.0806. The normalized spacial score (nSPS) is 11.3. The quantitative estimate of drug-likeness (QED) is 0.503. The van der Waals surface area contributed by atoms with E-state index >= 15 is 0 Å². The molecule has 0 aromatic heterocycles. The van der Waals surface area contributed by atoms with Gasteiger partial charge in [-0.3, -0.25) is 0 Å². The number of anilines is 1. The zero-order chi connectivity index (χ0) is 20.3. The number of ether oxygens (including phenoxy) is 1. The van der Waals surface area contributed by atoms with Crippen molar-refractivity contribution in [1.82, 2.24) is 0 Å². The summed E-state index contributed by atoms with van der Waals surface area (Å²) in [6.45, 7) is 6.82. The average Bonchev–Trinajstić information content (AvgIpc) is 2.64. The zero-order valence-corrected chi connectivity index (χ0v) is 16.1. The molecule has 5 heteroatoms. The average molecular weight is 383 g/mol. The van der Waals surface area contributed by atoms with E-state index in [9.17, 15) is 8.78 Å². The second-order valence-corrected chi connectivity index (χ2v) is 7.67. The molecular weight excluding hydrogens is 360 g/mol. The topological polar surface area (TPSA) is 41.5 Å². The fourth-order valence-corrected chi connectivity index (χ4v) is 2.75. The third-order valence-corrected chi connectivity index (χ3v) is 4.37. The first-order valence-corrected chi connectivity index (χ1v) is 9.01. The molecule has 0 heterocycles. The van der Waals surface area contributed by atoms with Crippen molar-refractivity contribution in [3.05, 3.63) is 83.4 Å². The van der Waals surface area contributed by atoms with Gasteiger partial charge in [0.05, 0.1) is 0 Å². The lowest BCUT2D eigenvalue weighted by Crippen LogP contribution is -2.10. The number of benzene rings is 3. The molecule has 0 spiro atoms. The van der Waals surface area contributed by atoms with Crippen LogP contribution in [0.15, 0.2) is 60.7 Å². The third-order valence-electron chi connectivity index (χ3n) is 4.37. The largest absolute Gasteiger partial charge is 0.503 e. The smallest absolute Gasteiger partial charge is 0.187 e. The van der Waals surface area contributed by atoms with Crippen LogP contribution in [0, 0.1) is 11.6 Å². The Morgan fingerprint density at radius 3 is 2.14 bits per heavy atom. The first kappa shape index (κ1) is 19.7. The highest BCUT2D eigenvalue weighted by molar-refractivity contribution is 5.48. The Bertz CT molecular complexity index is 940. The summed E-state index contributed by atoms with van der Waals surface area (Å²) in [5.74, 6) is -1.57. The summed E-state index contributed by atoms with van der Waals surface area (Å²) in [4.78, 5) is 0. The van der Waals surface area contributed by atoms with Crippen molar-refractivity contribution in [3.8, 4) is 17.2 Å². The van der Waals surface area contributed by atoms with Gasteiger partial charge < -0.3 is 15.2 Å². The molecule has 0 amide bonds. The molecule has 146 valence electrons. The molecule has 28 heavy (non-hydrogen) atoms. The van der Waals surface area contributed by atoms with Crippen LogP contribution in [0.4, 0.5) is 14.5 Å². The summed E-state index contributed by atoms with van der Waals surface area (Å²) < 4.78 is 32.8. The summed E-state index contributed by atoms with van der Waals surface area (Å²) >= 11 is 0. The van der Waals surface area contributed by atoms with Crippen molar-refractivity contribution >= 4 is 5.69 Å². The fraction of sp³-hybridized carbons (Fsp3) is 0.217. The van der Waals surface area contributed by atoms with Crippen molar-refractivity contribution in [2.45, 2.75) is 32.7 Å². The van der Waals surface area contributed by atoms with Gasteiger partial charge in [-0.1, -0.05) is 45.0 Å². The molecule has 3 aromatic rings. The van der Waals surface area contributed by atoms with E-state index in [1.54, 1.807) is 0 Å². The molecule has 0 radical (unpaired) electrons. The Balaban J connectivity index is 1.67. The standard InChI is InChI=1S/C23H23F2NO2/c1-23(2,3)16-7-9-18(10-8-16)28-19-6-4-5-15(11-19)14-26-17-12-20(24)22(27)21(25)13-17/h4-13,26-27H,14H2,1-3H3. The molecule has 0 bridgehead atoms. The molecule has 0 aliphatic rings. The van der Waals surface area contributed by atoms with E-state index in [-0.39, 0.29) is 11.1 Å². The van der Waals surface area contributed by atoms with Crippen LogP contribution in [-0.4, -0.2) is 5.11 Å². The molecule has 0 saturated heterocycles. The van der Waals surface area contributed by atoms with Crippen LogP contribution in [0.5, 0.6) is 17.2 Å². The highest BCUT2D eigenvalue weighted by Gasteiger charge is 2.13. The molecular formula is C23H23F2NO2. The minimum Gasteiger partial charge on any atom is -0.503 e. The molecule has 0 aliphatic carbocycles. The molecule has 0 unspecified atom stereocenters. The zero-order valence-electron chi connectivity index (χ0n) is 16.1. The van der Waals surface area contributed by atoms with Crippen molar-refractivity contribution in [3.63, 3.8) is 0 Å². The maximum Gasteiger partial charge on any atom is 0.187 e. The number of hydrogen-bond acceptors (Lipinski definition) is 3. The lowest BCUT2D eigenvalue weighted by molar-refractivity contribution is 0.396. The van der Waals surface area contributed by atoms with Crippen LogP contribution < -0.4 is 10.1 Å². The Morgan fingerprint density at radius 1 is 0.893 bits per heavy atom. The second kappa shape index (κ2) is 7.89. The molecule has 3 aromatic carbocycles. The highest BCUT2D eigenvalue weighted by Crippen LogP contribution is 2.28. The van der Waals surface area contributed by atoms with Gasteiger partial charge in [-0.05, 0) is 40.8 Å². The van der Waals surface area contributed by atoms with Gasteiger partial charge in [0.2, 0.25) is 0 Å². The van der Waals surface area contributed by atoms with Crippen molar-refractivity contribution in [2.75, 3.05) is 5.32 Å². The molecule has 3 rings (SSSR count). The van der Waals surface area contributed by atoms with Crippen LogP contribution in [0.25, 0.3) is 0 Å². The Labute approximate surface area is 163 Å². The maximum atomic E-state index is 13.4. The van der Waals surface area contributed by atoms with E-state index < -0.39 is 17.4 Å². The summed E-state index contributed by atoms with van der Waals surface area (Å²) in [7, 11) is 0. The fourth-order valence-electron chi connectivity index (χ4n) is 2.75. The summed E-state index contributed by atoms with van der Waals surface area (Å²) in [5, 5.41) is 12.1. The molecule has 2 N–H and O–H groups in total. The summed E-state index contributed by atoms with van der Waals surface area (Å²) in [6.07, 6.45) is 0. The van der Waals surface area contributed by atoms with Gasteiger partial charge in [-0.25, -0.2) is 8.78 Å². The van der Waals surface area contributed by atoms with E-state index in [1.807, 2.05) is 36.4 Å². The van der Waals surface area contributed by atoms with Crippen molar-refractivity contribution < 1.29 is 18.6 Å². The van der Waals surface area contributed by atoms with Gasteiger partial charge in [0.15, 0.2) is 17.4 Å². The number of nitrogens with one attached hydrogen (secondary N) is 1. The van der Waals surface area contributed by atoms with Gasteiger partial charge >= 0.3 is 0 Å². The van der Waals surface area contributed by atoms with Gasteiger partial charge in [0.25, 0.3) is 0 Å². The van der Waals surface area contributed by atoms with Gasteiger partial charge in [0, 0.05) is 24.4 Å². The summed E-state index contributed by atoms with van der Waals surface area (Å²) in [5.41, 5.74) is 2.44. The monoisotopic (exact) mass is 383 g/mol. The van der Waals surface area contributed by atoms with Crippen LogP contribution in [0.3, 0.4) is 0 Å². The number of hydrogen-bond donors (Lipinski definition) is 2. The summed E-state index contributed by atoms with van der Waals surface area (Å²) in [6, 6.07) is 17.5. The Kier molecular flexibility index (Phi) is 5.54. The predicted molar refractivity (Wildman–Crippen MR) is 107 cm³/mol. The molecule has 0 saturated carbocycles. The van der Waals surface area contributed by atoms with Crippen LogP contribution in [0.1, 0.15) is 31.9 Å². The molecule has 0 aliphatic heterocycles. The molecule has 0 fully saturated rings. The lowest BCUT2D eigenvalue weighted by Gasteiger charge is -2.19. The predicted octanol–water partition coefficient (Wildman–Crippen LogP) is 6.37.